The zero-order valence-electron chi connectivity index (χ0n) is 36.0. The number of rotatable bonds is 8. The summed E-state index contributed by atoms with van der Waals surface area (Å²) in [5, 5.41) is 19.1. The molecule has 16 heteroatoms. The lowest BCUT2D eigenvalue weighted by molar-refractivity contribution is 0.163. The molecule has 0 radical (unpaired) electrons. The third kappa shape index (κ3) is 8.58. The largest absolute Gasteiger partial charge is 0.395 e. The second-order valence-corrected chi connectivity index (χ2v) is 17.1. The molecular formula is C46H53N13O3. The number of aliphatic hydroxyl groups excluding tert-OH is 1. The van der Waals surface area contributed by atoms with Crippen LogP contribution in [0, 0.1) is 19.8 Å². The number of nitrogens with zero attached hydrogens (tertiary/aromatic N) is 13. The topological polar surface area (TPSA) is 160 Å². The molecule has 1 N–H and O–H groups in total. The lowest BCUT2D eigenvalue weighted by atomic mass is 9.94. The SMILES string of the molecule is Cc1cn2nc(-c3cc(=O)n4cc(N5CCC(CN(C)C)CC5)ccc4n3)cc2c(C)n1.Cn1cc2cc(-c3cc(=O)n4cc(C5CCN(CCO)CC5)ncc4n3)ccc2n1. The number of aryl methyl sites for hydroxylation is 3. The summed E-state index contributed by atoms with van der Waals surface area (Å²) in [4.78, 5) is 51.2. The van der Waals surface area contributed by atoms with Crippen molar-refractivity contribution >= 4 is 33.4 Å². The Morgan fingerprint density at radius 1 is 0.758 bits per heavy atom. The molecule has 16 nitrogen and oxygen atoms in total. The normalized spacial score (nSPS) is 15.6. The predicted molar refractivity (Wildman–Crippen MR) is 241 cm³/mol. The minimum atomic E-state index is -0.109. The van der Waals surface area contributed by atoms with E-state index in [4.69, 9.17) is 10.1 Å². The molecule has 2 aliphatic heterocycles. The molecule has 1 aromatic carbocycles. The molecule has 0 atom stereocenters. The van der Waals surface area contributed by atoms with E-state index in [0.717, 1.165) is 103 Å². The van der Waals surface area contributed by atoms with Gasteiger partial charge in [-0.3, -0.25) is 33.0 Å². The fourth-order valence-electron chi connectivity index (χ4n) is 9.00. The van der Waals surface area contributed by atoms with Gasteiger partial charge in [0.05, 0.1) is 64.2 Å². The lowest BCUT2D eigenvalue weighted by Gasteiger charge is -2.34. The summed E-state index contributed by atoms with van der Waals surface area (Å²) < 4.78 is 6.81. The third-order valence-electron chi connectivity index (χ3n) is 12.2. The van der Waals surface area contributed by atoms with Crippen molar-refractivity contribution in [3.63, 3.8) is 0 Å². The van der Waals surface area contributed by atoms with Crippen molar-refractivity contribution in [2.24, 2.45) is 13.0 Å². The molecule has 0 aliphatic carbocycles. The number of hydrogen-bond donors (Lipinski definition) is 1. The molecule has 62 heavy (non-hydrogen) atoms. The van der Waals surface area contributed by atoms with Crippen molar-refractivity contribution in [1.82, 2.24) is 57.9 Å². The standard InChI is InChI=1S/C24H29N7O.C22H24N6O2/c1-16-13-31-22(17(2)25-16)11-21(27-31)20-12-24(32)30-15-19(5-6-23(30)26-20)29-9-7-18(8-10-29)14-28(3)4;1-26-13-17-10-16(2-3-18(17)25-26)19-11-22(30)28-14-20(23-12-21(28)24-19)15-4-6-27(7-5-15)8-9-29/h5-6,11-13,15,18H,7-10,14H2,1-4H3;2-3,10-15,29H,4-9H2,1H3. The van der Waals surface area contributed by atoms with Crippen LogP contribution in [-0.2, 0) is 7.05 Å². The summed E-state index contributed by atoms with van der Waals surface area (Å²) in [6.07, 6.45) is 13.6. The van der Waals surface area contributed by atoms with Gasteiger partial charge in [-0.1, -0.05) is 6.07 Å². The second-order valence-electron chi connectivity index (χ2n) is 17.1. The molecule has 320 valence electrons. The first kappa shape index (κ1) is 41.0. The summed E-state index contributed by atoms with van der Waals surface area (Å²) in [6, 6.07) is 15.0. The van der Waals surface area contributed by atoms with Crippen LogP contribution in [0.4, 0.5) is 5.69 Å². The quantitative estimate of drug-likeness (QED) is 0.227. The summed E-state index contributed by atoms with van der Waals surface area (Å²) in [5.41, 5.74) is 9.37. The van der Waals surface area contributed by atoms with Gasteiger partial charge < -0.3 is 19.8 Å². The zero-order valence-corrected chi connectivity index (χ0v) is 36.0. The van der Waals surface area contributed by atoms with Gasteiger partial charge in [-0.25, -0.2) is 14.5 Å². The van der Waals surface area contributed by atoms with Gasteiger partial charge in [-0.2, -0.15) is 10.2 Å². The molecule has 7 aromatic heterocycles. The van der Waals surface area contributed by atoms with Gasteiger partial charge in [0.25, 0.3) is 11.1 Å². The fraction of sp³-hybridized carbons (Fsp3) is 0.391. The van der Waals surface area contributed by atoms with Crippen LogP contribution in [0.2, 0.25) is 0 Å². The van der Waals surface area contributed by atoms with Crippen molar-refractivity contribution in [2.75, 3.05) is 64.9 Å². The molecule has 9 heterocycles. The van der Waals surface area contributed by atoms with E-state index in [1.807, 2.05) is 76.0 Å². The molecule has 0 spiro atoms. The Kier molecular flexibility index (Phi) is 11.4. The van der Waals surface area contributed by atoms with Crippen molar-refractivity contribution in [1.29, 1.82) is 0 Å². The molecule has 2 aliphatic rings. The van der Waals surface area contributed by atoms with E-state index >= 15 is 0 Å². The van der Waals surface area contributed by atoms with E-state index in [9.17, 15) is 9.59 Å². The van der Waals surface area contributed by atoms with E-state index in [1.54, 1.807) is 36.3 Å². The van der Waals surface area contributed by atoms with Gasteiger partial charge in [0.2, 0.25) is 0 Å². The summed E-state index contributed by atoms with van der Waals surface area (Å²) >= 11 is 0. The van der Waals surface area contributed by atoms with Crippen LogP contribution >= 0.6 is 0 Å². The van der Waals surface area contributed by atoms with E-state index in [-0.39, 0.29) is 17.7 Å². The number of pyridine rings is 1. The van der Waals surface area contributed by atoms with E-state index in [2.05, 4.69) is 60.0 Å². The van der Waals surface area contributed by atoms with Crippen LogP contribution in [0.25, 0.3) is 50.4 Å². The Balaban J connectivity index is 0.000000158. The maximum atomic E-state index is 13.0. The van der Waals surface area contributed by atoms with Crippen molar-refractivity contribution in [2.45, 2.75) is 45.4 Å². The van der Waals surface area contributed by atoms with E-state index < -0.39 is 0 Å². The van der Waals surface area contributed by atoms with Crippen LogP contribution in [-0.4, -0.2) is 123 Å². The molecule has 2 saturated heterocycles. The highest BCUT2D eigenvalue weighted by Crippen LogP contribution is 2.28. The number of likely N-dealkylation sites (tertiary alicyclic amines) is 1. The first-order chi connectivity index (χ1) is 30.0. The van der Waals surface area contributed by atoms with Crippen LogP contribution < -0.4 is 16.0 Å². The third-order valence-corrected chi connectivity index (χ3v) is 12.2. The summed E-state index contributed by atoms with van der Waals surface area (Å²) in [7, 11) is 6.16. The Morgan fingerprint density at radius 2 is 1.50 bits per heavy atom. The highest BCUT2D eigenvalue weighted by molar-refractivity contribution is 5.83. The Bertz CT molecular complexity index is 3020. The first-order valence-electron chi connectivity index (χ1n) is 21.4. The fourth-order valence-corrected chi connectivity index (χ4v) is 9.00. The minimum absolute atomic E-state index is 0.0996. The van der Waals surface area contributed by atoms with Gasteiger partial charge >= 0.3 is 0 Å². The monoisotopic (exact) mass is 835 g/mol. The molecule has 8 aromatic rings. The van der Waals surface area contributed by atoms with Crippen LogP contribution in [0.1, 0.15) is 48.7 Å². The summed E-state index contributed by atoms with van der Waals surface area (Å²) in [6.45, 7) is 9.84. The molecule has 2 fully saturated rings. The molecule has 0 bridgehead atoms. The number of benzene rings is 1. The molecule has 0 amide bonds. The van der Waals surface area contributed by atoms with E-state index in [1.165, 1.54) is 12.8 Å². The van der Waals surface area contributed by atoms with Gasteiger partial charge in [0.15, 0.2) is 5.65 Å². The minimum Gasteiger partial charge on any atom is -0.395 e. The number of anilines is 1. The van der Waals surface area contributed by atoms with Gasteiger partial charge in [-0.15, -0.1) is 0 Å². The molecule has 0 saturated carbocycles. The highest BCUT2D eigenvalue weighted by atomic mass is 16.3. The number of fused-ring (bicyclic) bond motifs is 4. The van der Waals surface area contributed by atoms with Crippen molar-refractivity contribution in [3.8, 4) is 22.6 Å². The Labute approximate surface area is 358 Å². The average Bonchev–Trinajstić information content (AvgIpc) is 3.87. The molecule has 10 rings (SSSR count). The second kappa shape index (κ2) is 17.2. The van der Waals surface area contributed by atoms with E-state index in [0.29, 0.717) is 34.3 Å². The number of β-amino-alcohol motifs (C(OH)–C–C–N with tert-alkyl or cyclic N) is 1. The predicted octanol–water partition coefficient (Wildman–Crippen LogP) is 4.61. The zero-order chi connectivity index (χ0) is 43.1. The van der Waals surface area contributed by atoms with Gasteiger partial charge in [0, 0.05) is 80.8 Å². The van der Waals surface area contributed by atoms with Crippen LogP contribution in [0.3, 0.4) is 0 Å². The van der Waals surface area contributed by atoms with Gasteiger partial charge in [-0.05, 0) is 103 Å². The average molecular weight is 836 g/mol. The van der Waals surface area contributed by atoms with Crippen LogP contribution in [0.15, 0.2) is 89.1 Å². The Hall–Kier alpha value is -6.36. The molecule has 0 unspecified atom stereocenters. The van der Waals surface area contributed by atoms with Crippen molar-refractivity contribution in [3.05, 3.63) is 117 Å². The van der Waals surface area contributed by atoms with Gasteiger partial charge in [0.1, 0.15) is 11.3 Å². The number of aromatic nitrogens is 10. The number of aliphatic hydroxyl groups is 1. The maximum absolute atomic E-state index is 13.0. The smallest absolute Gasteiger partial charge is 0.258 e. The summed E-state index contributed by atoms with van der Waals surface area (Å²) in [5.74, 6) is 1.06. The number of piperidine rings is 2. The number of hydrogen-bond acceptors (Lipinski definition) is 12. The van der Waals surface area contributed by atoms with Crippen LogP contribution in [0.5, 0.6) is 0 Å². The van der Waals surface area contributed by atoms with Crippen molar-refractivity contribution < 1.29 is 5.11 Å². The molecular weight excluding hydrogens is 783 g/mol. The maximum Gasteiger partial charge on any atom is 0.258 e. The first-order valence-corrected chi connectivity index (χ1v) is 21.4. The lowest BCUT2D eigenvalue weighted by Crippen LogP contribution is -2.37. The highest BCUT2D eigenvalue weighted by Gasteiger charge is 2.23. The Morgan fingerprint density at radius 3 is 2.26 bits per heavy atom.